The van der Waals surface area contributed by atoms with Gasteiger partial charge in [-0.2, -0.15) is 0 Å². The molecule has 0 heterocycles. The van der Waals surface area contributed by atoms with E-state index >= 15 is 0 Å². The number of carbonyl (C=O) groups excluding carboxylic acids is 1. The standard InChI is InChI=1S/C11H13ClN2O4/c1-6-3-2-4-7(12)9(6)14-11(18)13-8(5-15)10(16)17/h2-4,8,15H,5H2,1H3,(H,16,17)(H2,13,14,18)/t8-/m0/s1. The zero-order chi connectivity index (χ0) is 13.7. The zero-order valence-electron chi connectivity index (χ0n) is 9.61. The summed E-state index contributed by atoms with van der Waals surface area (Å²) in [5.41, 5.74) is 1.15. The van der Waals surface area contributed by atoms with Crippen LogP contribution in [0.5, 0.6) is 0 Å². The van der Waals surface area contributed by atoms with Crippen molar-refractivity contribution in [2.75, 3.05) is 11.9 Å². The summed E-state index contributed by atoms with van der Waals surface area (Å²) >= 11 is 5.90. The minimum absolute atomic E-state index is 0.348. The number of aliphatic hydroxyl groups excluding tert-OH is 1. The summed E-state index contributed by atoms with van der Waals surface area (Å²) in [6, 6.07) is 2.99. The van der Waals surface area contributed by atoms with E-state index in [4.69, 9.17) is 21.8 Å². The average molecular weight is 273 g/mol. The smallest absolute Gasteiger partial charge is 0.328 e. The van der Waals surface area contributed by atoms with Gasteiger partial charge in [-0.15, -0.1) is 0 Å². The number of hydrogen-bond donors (Lipinski definition) is 4. The molecule has 0 radical (unpaired) electrons. The van der Waals surface area contributed by atoms with E-state index in [1.165, 1.54) is 0 Å². The maximum absolute atomic E-state index is 11.5. The van der Waals surface area contributed by atoms with Crippen molar-refractivity contribution >= 4 is 29.3 Å². The van der Waals surface area contributed by atoms with Gasteiger partial charge in [0.05, 0.1) is 17.3 Å². The Morgan fingerprint density at radius 2 is 2.11 bits per heavy atom. The number of benzene rings is 1. The van der Waals surface area contributed by atoms with Gasteiger partial charge in [0.25, 0.3) is 0 Å². The minimum atomic E-state index is -1.35. The largest absolute Gasteiger partial charge is 0.480 e. The predicted molar refractivity (Wildman–Crippen MR) is 66.9 cm³/mol. The molecule has 0 saturated heterocycles. The summed E-state index contributed by atoms with van der Waals surface area (Å²) in [7, 11) is 0. The van der Waals surface area contributed by atoms with E-state index in [2.05, 4.69) is 10.6 Å². The zero-order valence-corrected chi connectivity index (χ0v) is 10.4. The fourth-order valence-corrected chi connectivity index (χ4v) is 1.55. The van der Waals surface area contributed by atoms with Crippen LogP contribution in [0, 0.1) is 6.92 Å². The SMILES string of the molecule is Cc1cccc(Cl)c1NC(=O)N[C@@H](CO)C(=O)O. The van der Waals surface area contributed by atoms with E-state index < -0.39 is 24.6 Å². The van der Waals surface area contributed by atoms with Gasteiger partial charge in [0.1, 0.15) is 0 Å². The normalized spacial score (nSPS) is 11.7. The lowest BCUT2D eigenvalue weighted by atomic mass is 10.2. The molecule has 18 heavy (non-hydrogen) atoms. The first-order valence-electron chi connectivity index (χ1n) is 5.12. The number of nitrogens with one attached hydrogen (secondary N) is 2. The lowest BCUT2D eigenvalue weighted by Gasteiger charge is -2.14. The number of aliphatic hydroxyl groups is 1. The number of para-hydroxylation sites is 1. The number of amides is 2. The number of carbonyl (C=O) groups is 2. The maximum atomic E-state index is 11.5. The lowest BCUT2D eigenvalue weighted by molar-refractivity contribution is -0.140. The molecule has 6 nitrogen and oxygen atoms in total. The van der Waals surface area contributed by atoms with Gasteiger partial charge in [-0.25, -0.2) is 9.59 Å². The molecule has 1 rings (SSSR count). The van der Waals surface area contributed by atoms with Crippen molar-refractivity contribution in [2.24, 2.45) is 0 Å². The first-order chi connectivity index (χ1) is 8.45. The third-order valence-electron chi connectivity index (χ3n) is 2.25. The molecule has 0 spiro atoms. The van der Waals surface area contributed by atoms with Crippen LogP contribution in [0.25, 0.3) is 0 Å². The second-order valence-corrected chi connectivity index (χ2v) is 4.01. The van der Waals surface area contributed by atoms with Crippen LogP contribution in [0.3, 0.4) is 0 Å². The Balaban J connectivity index is 2.73. The number of halogens is 1. The number of anilines is 1. The van der Waals surface area contributed by atoms with E-state index in [9.17, 15) is 9.59 Å². The van der Waals surface area contributed by atoms with Crippen molar-refractivity contribution in [1.29, 1.82) is 0 Å². The van der Waals surface area contributed by atoms with Crippen LogP contribution < -0.4 is 10.6 Å². The number of aryl methyl sites for hydroxylation is 1. The molecule has 1 aromatic carbocycles. The van der Waals surface area contributed by atoms with Crippen LogP contribution in [-0.2, 0) is 4.79 Å². The van der Waals surface area contributed by atoms with Crippen LogP contribution in [0.4, 0.5) is 10.5 Å². The fourth-order valence-electron chi connectivity index (χ4n) is 1.28. The Hall–Kier alpha value is -1.79. The Bertz CT molecular complexity index is 444. The van der Waals surface area contributed by atoms with Gasteiger partial charge in [-0.1, -0.05) is 23.7 Å². The Morgan fingerprint density at radius 1 is 1.44 bits per heavy atom. The Morgan fingerprint density at radius 3 is 2.61 bits per heavy atom. The topological polar surface area (TPSA) is 98.7 Å². The molecule has 1 atom stereocenters. The minimum Gasteiger partial charge on any atom is -0.480 e. The molecule has 0 aliphatic rings. The molecule has 2 amide bonds. The molecular weight excluding hydrogens is 260 g/mol. The van der Waals surface area contributed by atoms with Crippen molar-refractivity contribution in [2.45, 2.75) is 13.0 Å². The van der Waals surface area contributed by atoms with Gasteiger partial charge in [0, 0.05) is 0 Å². The summed E-state index contributed by atoms with van der Waals surface area (Å²) < 4.78 is 0. The quantitative estimate of drug-likeness (QED) is 0.662. The highest BCUT2D eigenvalue weighted by atomic mass is 35.5. The van der Waals surface area contributed by atoms with E-state index in [1.807, 2.05) is 0 Å². The number of hydrogen-bond acceptors (Lipinski definition) is 3. The molecule has 0 bridgehead atoms. The van der Waals surface area contributed by atoms with Crippen LogP contribution in [0.15, 0.2) is 18.2 Å². The lowest BCUT2D eigenvalue weighted by Crippen LogP contribution is -2.45. The number of rotatable bonds is 4. The number of carboxylic acid groups (broad SMARTS) is 1. The Kier molecular flexibility index (Phi) is 4.94. The summed E-state index contributed by atoms with van der Waals surface area (Å²) in [4.78, 5) is 22.2. The van der Waals surface area contributed by atoms with E-state index in [0.717, 1.165) is 5.56 Å². The molecule has 0 fully saturated rings. The molecule has 7 heteroatoms. The fraction of sp³-hybridized carbons (Fsp3) is 0.273. The molecule has 98 valence electrons. The summed E-state index contributed by atoms with van der Waals surface area (Å²) in [6.45, 7) is 1.06. The van der Waals surface area contributed by atoms with Gasteiger partial charge in [0.2, 0.25) is 0 Å². The molecule has 4 N–H and O–H groups in total. The highest BCUT2D eigenvalue weighted by Gasteiger charge is 2.19. The van der Waals surface area contributed by atoms with Gasteiger partial charge in [0.15, 0.2) is 6.04 Å². The second kappa shape index (κ2) is 6.23. The molecular formula is C11H13ClN2O4. The highest BCUT2D eigenvalue weighted by molar-refractivity contribution is 6.33. The molecule has 0 aliphatic heterocycles. The van der Waals surface area contributed by atoms with Crippen molar-refractivity contribution in [3.63, 3.8) is 0 Å². The molecule has 0 saturated carbocycles. The van der Waals surface area contributed by atoms with Crippen molar-refractivity contribution in [3.05, 3.63) is 28.8 Å². The van der Waals surface area contributed by atoms with Crippen LogP contribution in [-0.4, -0.2) is 34.9 Å². The summed E-state index contributed by atoms with van der Waals surface area (Å²) in [6.07, 6.45) is 0. The van der Waals surface area contributed by atoms with Crippen LogP contribution in [0.1, 0.15) is 5.56 Å². The molecule has 0 aromatic heterocycles. The average Bonchev–Trinajstić information content (AvgIpc) is 2.30. The number of carboxylic acids is 1. The summed E-state index contributed by atoms with van der Waals surface area (Å²) in [5, 5.41) is 22.3. The second-order valence-electron chi connectivity index (χ2n) is 3.60. The summed E-state index contributed by atoms with van der Waals surface area (Å²) in [5.74, 6) is -1.32. The van der Waals surface area contributed by atoms with Crippen LogP contribution >= 0.6 is 11.6 Å². The van der Waals surface area contributed by atoms with Gasteiger partial charge in [-0.05, 0) is 18.6 Å². The molecule has 0 aliphatic carbocycles. The van der Waals surface area contributed by atoms with Crippen molar-refractivity contribution in [3.8, 4) is 0 Å². The third-order valence-corrected chi connectivity index (χ3v) is 2.56. The van der Waals surface area contributed by atoms with Crippen LogP contribution in [0.2, 0.25) is 5.02 Å². The number of urea groups is 1. The van der Waals surface area contributed by atoms with Crippen molar-refractivity contribution in [1.82, 2.24) is 5.32 Å². The monoisotopic (exact) mass is 272 g/mol. The first kappa shape index (κ1) is 14.3. The third kappa shape index (κ3) is 3.61. The van der Waals surface area contributed by atoms with Gasteiger partial charge in [-0.3, -0.25) is 0 Å². The Labute approximate surface area is 109 Å². The first-order valence-corrected chi connectivity index (χ1v) is 5.49. The van der Waals surface area contributed by atoms with Gasteiger partial charge >= 0.3 is 12.0 Å². The molecule has 0 unspecified atom stereocenters. The number of aliphatic carboxylic acids is 1. The molecule has 1 aromatic rings. The predicted octanol–water partition coefficient (Wildman–Crippen LogP) is 1.22. The van der Waals surface area contributed by atoms with Crippen molar-refractivity contribution < 1.29 is 19.8 Å². The van der Waals surface area contributed by atoms with E-state index in [0.29, 0.717) is 10.7 Å². The highest BCUT2D eigenvalue weighted by Crippen LogP contribution is 2.24. The van der Waals surface area contributed by atoms with E-state index in [1.54, 1.807) is 25.1 Å². The van der Waals surface area contributed by atoms with E-state index in [-0.39, 0.29) is 0 Å². The maximum Gasteiger partial charge on any atom is 0.328 e. The van der Waals surface area contributed by atoms with Gasteiger partial charge < -0.3 is 20.8 Å².